The molecule has 2 nitrogen and oxygen atoms in total. The summed E-state index contributed by atoms with van der Waals surface area (Å²) in [7, 11) is 0. The molecule has 0 spiro atoms. The molecule has 0 bridgehead atoms. The third-order valence-electron chi connectivity index (χ3n) is 4.05. The average molecular weight is 287 g/mol. The van der Waals surface area contributed by atoms with Crippen molar-refractivity contribution in [3.63, 3.8) is 0 Å². The minimum absolute atomic E-state index is 0.120. The average Bonchev–Trinajstić information content (AvgIpc) is 3.00. The first-order valence-corrected chi connectivity index (χ1v) is 8.37. The van der Waals surface area contributed by atoms with Crippen molar-refractivity contribution in [3.8, 4) is 11.3 Å². The molecule has 1 aromatic carbocycles. The molecular formula is C17H21NOS. The molecule has 0 saturated heterocycles. The van der Waals surface area contributed by atoms with E-state index in [4.69, 9.17) is 9.72 Å². The van der Waals surface area contributed by atoms with Crippen molar-refractivity contribution in [2.45, 2.75) is 44.6 Å². The molecule has 0 radical (unpaired) electrons. The second-order valence-electron chi connectivity index (χ2n) is 5.39. The Balaban J connectivity index is 1.91. The quantitative estimate of drug-likeness (QED) is 0.789. The van der Waals surface area contributed by atoms with E-state index in [0.29, 0.717) is 0 Å². The van der Waals surface area contributed by atoms with Gasteiger partial charge >= 0.3 is 0 Å². The maximum Gasteiger partial charge on any atom is 0.125 e. The Morgan fingerprint density at radius 3 is 2.60 bits per heavy atom. The number of hydrogen-bond donors (Lipinski definition) is 0. The van der Waals surface area contributed by atoms with Crippen molar-refractivity contribution >= 4 is 11.3 Å². The highest BCUT2D eigenvalue weighted by Crippen LogP contribution is 2.42. The number of nitrogens with zero attached hydrogens (tertiary/aromatic N) is 1. The zero-order valence-corrected chi connectivity index (χ0v) is 12.8. The van der Waals surface area contributed by atoms with Gasteiger partial charge in [0.2, 0.25) is 0 Å². The maximum absolute atomic E-state index is 6.15. The van der Waals surface area contributed by atoms with Crippen LogP contribution in [0.1, 0.15) is 44.0 Å². The highest BCUT2D eigenvalue weighted by atomic mass is 32.1. The van der Waals surface area contributed by atoms with Crippen molar-refractivity contribution in [2.75, 3.05) is 6.61 Å². The third-order valence-corrected chi connectivity index (χ3v) is 5.07. The van der Waals surface area contributed by atoms with Crippen molar-refractivity contribution in [2.24, 2.45) is 0 Å². The molecule has 1 aromatic heterocycles. The molecule has 0 aliphatic heterocycles. The van der Waals surface area contributed by atoms with Crippen molar-refractivity contribution in [1.82, 2.24) is 4.98 Å². The van der Waals surface area contributed by atoms with Crippen LogP contribution in [-0.4, -0.2) is 11.6 Å². The van der Waals surface area contributed by atoms with Gasteiger partial charge in [-0.05, 0) is 19.8 Å². The van der Waals surface area contributed by atoms with E-state index in [1.807, 2.05) is 6.07 Å². The number of ether oxygens (including phenoxy) is 1. The molecule has 0 atom stereocenters. The summed E-state index contributed by atoms with van der Waals surface area (Å²) < 4.78 is 6.15. The van der Waals surface area contributed by atoms with E-state index in [0.717, 1.165) is 30.2 Å². The maximum atomic E-state index is 6.15. The second kappa shape index (κ2) is 6.06. The van der Waals surface area contributed by atoms with Gasteiger partial charge < -0.3 is 4.74 Å². The van der Waals surface area contributed by atoms with Crippen LogP contribution in [0.4, 0.5) is 0 Å². The summed E-state index contributed by atoms with van der Waals surface area (Å²) in [6.45, 7) is 2.85. The Morgan fingerprint density at radius 1 is 1.15 bits per heavy atom. The summed E-state index contributed by atoms with van der Waals surface area (Å²) >= 11 is 1.75. The molecule has 1 fully saturated rings. The van der Waals surface area contributed by atoms with Gasteiger partial charge in [-0.25, -0.2) is 4.98 Å². The molecule has 3 heteroatoms. The van der Waals surface area contributed by atoms with Crippen LogP contribution < -0.4 is 0 Å². The Bertz CT molecular complexity index is 538. The molecule has 2 aromatic rings. The molecule has 106 valence electrons. The van der Waals surface area contributed by atoms with E-state index in [2.05, 4.69) is 36.6 Å². The number of aromatic nitrogens is 1. The molecule has 3 rings (SSSR count). The standard InChI is InChI=1S/C17H21NOS/c1-2-19-17(11-7-4-8-12-17)16-18-15(13-20-16)14-9-5-3-6-10-14/h3,5-6,9-10,13H,2,4,7-8,11-12H2,1H3. The summed E-state index contributed by atoms with van der Waals surface area (Å²) in [4.78, 5) is 4.89. The first-order chi connectivity index (χ1) is 9.84. The van der Waals surface area contributed by atoms with Crippen LogP contribution in [0.5, 0.6) is 0 Å². The fourth-order valence-electron chi connectivity index (χ4n) is 3.04. The molecule has 0 amide bonds. The van der Waals surface area contributed by atoms with Gasteiger partial charge in [-0.2, -0.15) is 0 Å². The smallest absolute Gasteiger partial charge is 0.125 e. The van der Waals surface area contributed by atoms with Crippen molar-refractivity contribution in [3.05, 3.63) is 40.7 Å². The van der Waals surface area contributed by atoms with Crippen LogP contribution >= 0.6 is 11.3 Å². The summed E-state index contributed by atoms with van der Waals surface area (Å²) in [5, 5.41) is 3.33. The molecular weight excluding hydrogens is 266 g/mol. The summed E-state index contributed by atoms with van der Waals surface area (Å²) in [6.07, 6.45) is 6.05. The monoisotopic (exact) mass is 287 g/mol. The summed E-state index contributed by atoms with van der Waals surface area (Å²) in [6, 6.07) is 10.4. The van der Waals surface area contributed by atoms with E-state index in [9.17, 15) is 0 Å². The third kappa shape index (κ3) is 2.65. The van der Waals surface area contributed by atoms with Gasteiger partial charge in [0.25, 0.3) is 0 Å². The predicted molar refractivity (Wildman–Crippen MR) is 83.9 cm³/mol. The largest absolute Gasteiger partial charge is 0.368 e. The highest BCUT2D eigenvalue weighted by Gasteiger charge is 2.37. The van der Waals surface area contributed by atoms with Gasteiger partial charge in [-0.15, -0.1) is 11.3 Å². The topological polar surface area (TPSA) is 22.1 Å². The first-order valence-electron chi connectivity index (χ1n) is 7.49. The fraction of sp³-hybridized carbons (Fsp3) is 0.471. The zero-order valence-electron chi connectivity index (χ0n) is 12.0. The Hall–Kier alpha value is -1.19. The molecule has 20 heavy (non-hydrogen) atoms. The summed E-state index contributed by atoms with van der Waals surface area (Å²) in [5.41, 5.74) is 2.15. The lowest BCUT2D eigenvalue weighted by Crippen LogP contribution is -2.32. The minimum Gasteiger partial charge on any atom is -0.368 e. The SMILES string of the molecule is CCOC1(c2nc(-c3ccccc3)cs2)CCCCC1. The lowest BCUT2D eigenvalue weighted by Gasteiger charge is -2.35. The highest BCUT2D eigenvalue weighted by molar-refractivity contribution is 7.10. The number of benzene rings is 1. The van der Waals surface area contributed by atoms with Gasteiger partial charge in [0.15, 0.2) is 0 Å². The fourth-order valence-corrected chi connectivity index (χ4v) is 4.08. The van der Waals surface area contributed by atoms with E-state index >= 15 is 0 Å². The first kappa shape index (κ1) is 13.8. The molecule has 0 unspecified atom stereocenters. The van der Waals surface area contributed by atoms with Crippen LogP contribution in [0, 0.1) is 0 Å². The molecule has 0 N–H and O–H groups in total. The van der Waals surface area contributed by atoms with Crippen LogP contribution in [-0.2, 0) is 10.3 Å². The Labute approximate surface area is 124 Å². The van der Waals surface area contributed by atoms with Gasteiger partial charge in [-0.1, -0.05) is 49.6 Å². The van der Waals surface area contributed by atoms with Crippen LogP contribution in [0.3, 0.4) is 0 Å². The lowest BCUT2D eigenvalue weighted by molar-refractivity contribution is -0.0703. The van der Waals surface area contributed by atoms with Crippen molar-refractivity contribution in [1.29, 1.82) is 0 Å². The van der Waals surface area contributed by atoms with Gasteiger partial charge in [-0.3, -0.25) is 0 Å². The van der Waals surface area contributed by atoms with E-state index in [-0.39, 0.29) is 5.60 Å². The van der Waals surface area contributed by atoms with Crippen molar-refractivity contribution < 1.29 is 4.74 Å². The predicted octanol–water partition coefficient (Wildman–Crippen LogP) is 5.01. The lowest BCUT2D eigenvalue weighted by atomic mass is 9.85. The summed E-state index contributed by atoms with van der Waals surface area (Å²) in [5.74, 6) is 0. The zero-order chi connectivity index (χ0) is 13.8. The van der Waals surface area contributed by atoms with Crippen LogP contribution in [0.2, 0.25) is 0 Å². The van der Waals surface area contributed by atoms with Gasteiger partial charge in [0.1, 0.15) is 10.6 Å². The van der Waals surface area contributed by atoms with Gasteiger partial charge in [0, 0.05) is 17.6 Å². The number of hydrogen-bond acceptors (Lipinski definition) is 3. The van der Waals surface area contributed by atoms with E-state index in [1.54, 1.807) is 11.3 Å². The number of thiazole rings is 1. The normalized spacial score (nSPS) is 18.1. The van der Waals surface area contributed by atoms with Gasteiger partial charge in [0.05, 0.1) is 5.69 Å². The Morgan fingerprint density at radius 2 is 1.90 bits per heavy atom. The van der Waals surface area contributed by atoms with Crippen LogP contribution in [0.25, 0.3) is 11.3 Å². The number of rotatable bonds is 4. The Kier molecular flexibility index (Phi) is 4.18. The molecule has 1 aliphatic carbocycles. The molecule has 1 saturated carbocycles. The molecule has 1 aliphatic rings. The second-order valence-corrected chi connectivity index (χ2v) is 6.25. The molecule has 1 heterocycles. The minimum atomic E-state index is -0.120. The van der Waals surface area contributed by atoms with E-state index in [1.165, 1.54) is 24.8 Å². The van der Waals surface area contributed by atoms with E-state index < -0.39 is 0 Å². The van der Waals surface area contributed by atoms with Crippen LogP contribution in [0.15, 0.2) is 35.7 Å².